The number of hydrogen-bond donors (Lipinski definition) is 0. The predicted octanol–water partition coefficient (Wildman–Crippen LogP) is 5.48. The van der Waals surface area contributed by atoms with Crippen molar-refractivity contribution in [3.05, 3.63) is 76.9 Å². The smallest absolute Gasteiger partial charge is 0.162 e. The summed E-state index contributed by atoms with van der Waals surface area (Å²) in [5, 5.41) is 0. The first kappa shape index (κ1) is 16.5. The third kappa shape index (κ3) is 3.13. The highest BCUT2D eigenvalue weighted by Gasteiger charge is 2.34. The van der Waals surface area contributed by atoms with Crippen molar-refractivity contribution in [3.63, 3.8) is 0 Å². The standard InChI is InChI=1S/C22H23F2N/c1-15-20(10-11-21(23)22(15)24)17-12-18-8-5-9-19(13-17)25(18)14-16-6-3-2-4-7-16/h2-4,6-7,10-12,18-19H,5,8-9,13-14H2,1H3. The van der Waals surface area contributed by atoms with E-state index in [1.165, 1.54) is 30.0 Å². The van der Waals surface area contributed by atoms with Crippen molar-refractivity contribution >= 4 is 5.57 Å². The van der Waals surface area contributed by atoms with Crippen LogP contribution in [0.4, 0.5) is 8.78 Å². The van der Waals surface area contributed by atoms with Crippen LogP contribution in [0.2, 0.25) is 0 Å². The van der Waals surface area contributed by atoms with E-state index in [9.17, 15) is 8.78 Å². The summed E-state index contributed by atoms with van der Waals surface area (Å²) in [6.07, 6.45) is 6.74. The van der Waals surface area contributed by atoms with Gasteiger partial charge in [-0.2, -0.15) is 0 Å². The number of rotatable bonds is 3. The molecule has 2 unspecified atom stereocenters. The molecule has 2 aromatic carbocycles. The normalized spacial score (nSPS) is 23.4. The zero-order valence-corrected chi connectivity index (χ0v) is 14.5. The molecule has 2 bridgehead atoms. The van der Waals surface area contributed by atoms with Gasteiger partial charge in [0.1, 0.15) is 0 Å². The Morgan fingerprint density at radius 2 is 1.84 bits per heavy atom. The highest BCUT2D eigenvalue weighted by Crippen LogP contribution is 2.39. The van der Waals surface area contributed by atoms with Gasteiger partial charge < -0.3 is 0 Å². The molecule has 0 radical (unpaired) electrons. The van der Waals surface area contributed by atoms with Crippen molar-refractivity contribution in [2.75, 3.05) is 0 Å². The molecule has 3 heteroatoms. The van der Waals surface area contributed by atoms with E-state index in [-0.39, 0.29) is 0 Å². The molecule has 0 aromatic heterocycles. The summed E-state index contributed by atoms with van der Waals surface area (Å²) in [4.78, 5) is 2.58. The third-order valence-electron chi connectivity index (χ3n) is 5.67. The fraction of sp³-hybridized carbons (Fsp3) is 0.364. The van der Waals surface area contributed by atoms with Gasteiger partial charge in [0.15, 0.2) is 11.6 Å². The largest absolute Gasteiger partial charge is 0.289 e. The van der Waals surface area contributed by atoms with Crippen LogP contribution in [-0.2, 0) is 6.54 Å². The van der Waals surface area contributed by atoms with E-state index in [1.54, 1.807) is 13.0 Å². The zero-order chi connectivity index (χ0) is 17.4. The SMILES string of the molecule is Cc1c(C2=CC3CCCC(C2)N3Cc2ccccc2)ccc(F)c1F. The van der Waals surface area contributed by atoms with Gasteiger partial charge in [-0.25, -0.2) is 8.78 Å². The first-order valence-electron chi connectivity index (χ1n) is 9.09. The van der Waals surface area contributed by atoms with Crippen molar-refractivity contribution in [2.45, 2.75) is 51.2 Å². The van der Waals surface area contributed by atoms with Crippen molar-refractivity contribution in [3.8, 4) is 0 Å². The minimum Gasteiger partial charge on any atom is -0.289 e. The Bertz CT molecular complexity index is 797. The van der Waals surface area contributed by atoms with Crippen LogP contribution >= 0.6 is 0 Å². The van der Waals surface area contributed by atoms with Gasteiger partial charge in [-0.3, -0.25) is 4.90 Å². The molecule has 1 fully saturated rings. The fourth-order valence-electron chi connectivity index (χ4n) is 4.36. The van der Waals surface area contributed by atoms with E-state index in [0.29, 0.717) is 17.6 Å². The molecular weight excluding hydrogens is 316 g/mol. The second kappa shape index (κ2) is 6.72. The van der Waals surface area contributed by atoms with E-state index < -0.39 is 11.6 Å². The highest BCUT2D eigenvalue weighted by molar-refractivity contribution is 5.70. The predicted molar refractivity (Wildman–Crippen MR) is 97.1 cm³/mol. The van der Waals surface area contributed by atoms with Crippen LogP contribution < -0.4 is 0 Å². The average Bonchev–Trinajstić information content (AvgIpc) is 2.61. The van der Waals surface area contributed by atoms with E-state index >= 15 is 0 Å². The van der Waals surface area contributed by atoms with E-state index in [0.717, 1.165) is 24.9 Å². The van der Waals surface area contributed by atoms with E-state index in [2.05, 4.69) is 35.2 Å². The highest BCUT2D eigenvalue weighted by atomic mass is 19.2. The molecule has 2 aliphatic heterocycles. The van der Waals surface area contributed by atoms with Gasteiger partial charge in [-0.05, 0) is 54.5 Å². The van der Waals surface area contributed by atoms with Crippen molar-refractivity contribution in [2.24, 2.45) is 0 Å². The Labute approximate surface area is 148 Å². The molecule has 0 spiro atoms. The van der Waals surface area contributed by atoms with E-state index in [4.69, 9.17) is 0 Å². The van der Waals surface area contributed by atoms with Gasteiger partial charge in [0.2, 0.25) is 0 Å². The first-order valence-corrected chi connectivity index (χ1v) is 9.09. The average molecular weight is 339 g/mol. The van der Waals surface area contributed by atoms with Crippen molar-refractivity contribution < 1.29 is 8.78 Å². The molecule has 2 aromatic rings. The number of benzene rings is 2. The summed E-state index contributed by atoms with van der Waals surface area (Å²) in [7, 11) is 0. The first-order chi connectivity index (χ1) is 12.1. The van der Waals surface area contributed by atoms with Crippen LogP contribution in [0.5, 0.6) is 0 Å². The lowest BCUT2D eigenvalue weighted by Crippen LogP contribution is -2.47. The molecule has 2 aliphatic rings. The maximum absolute atomic E-state index is 14.0. The van der Waals surface area contributed by atoms with Crippen LogP contribution in [0.1, 0.15) is 42.4 Å². The summed E-state index contributed by atoms with van der Waals surface area (Å²) in [5.41, 5.74) is 3.81. The summed E-state index contributed by atoms with van der Waals surface area (Å²) >= 11 is 0. The lowest BCUT2D eigenvalue weighted by Gasteiger charge is -2.45. The third-order valence-corrected chi connectivity index (χ3v) is 5.67. The Morgan fingerprint density at radius 3 is 2.60 bits per heavy atom. The van der Waals surface area contributed by atoms with E-state index in [1.807, 2.05) is 6.07 Å². The molecule has 130 valence electrons. The van der Waals surface area contributed by atoms with Gasteiger partial charge in [0.25, 0.3) is 0 Å². The summed E-state index contributed by atoms with van der Waals surface area (Å²) in [6, 6.07) is 14.4. The molecule has 1 nitrogen and oxygen atoms in total. The maximum atomic E-state index is 14.0. The Morgan fingerprint density at radius 1 is 1.04 bits per heavy atom. The van der Waals surface area contributed by atoms with Crippen molar-refractivity contribution in [1.29, 1.82) is 0 Å². The molecule has 0 saturated carbocycles. The minimum atomic E-state index is -0.761. The van der Waals surface area contributed by atoms with Gasteiger partial charge in [-0.15, -0.1) is 0 Å². The van der Waals surface area contributed by atoms with Gasteiger partial charge >= 0.3 is 0 Å². The van der Waals surface area contributed by atoms with Crippen LogP contribution in [0.25, 0.3) is 5.57 Å². The minimum absolute atomic E-state index is 0.384. The van der Waals surface area contributed by atoms with Gasteiger partial charge in [-0.1, -0.05) is 48.9 Å². The summed E-state index contributed by atoms with van der Waals surface area (Å²) in [6.45, 7) is 2.64. The summed E-state index contributed by atoms with van der Waals surface area (Å²) < 4.78 is 27.4. The van der Waals surface area contributed by atoms with Crippen LogP contribution in [0.3, 0.4) is 0 Å². The van der Waals surface area contributed by atoms with Crippen LogP contribution in [-0.4, -0.2) is 17.0 Å². The Kier molecular flexibility index (Phi) is 4.43. The topological polar surface area (TPSA) is 3.24 Å². The molecule has 0 amide bonds. The number of hydrogen-bond acceptors (Lipinski definition) is 1. The van der Waals surface area contributed by atoms with Crippen molar-refractivity contribution in [1.82, 2.24) is 4.90 Å². The Hall–Kier alpha value is -2.00. The quantitative estimate of drug-likeness (QED) is 0.715. The Balaban J connectivity index is 1.64. The number of halogens is 2. The zero-order valence-electron chi connectivity index (χ0n) is 14.5. The lowest BCUT2D eigenvalue weighted by molar-refractivity contribution is 0.0951. The molecule has 1 saturated heterocycles. The lowest BCUT2D eigenvalue weighted by atomic mass is 9.81. The summed E-state index contributed by atoms with van der Waals surface area (Å²) in [5.74, 6) is -1.47. The molecule has 25 heavy (non-hydrogen) atoms. The molecule has 0 N–H and O–H groups in total. The van der Waals surface area contributed by atoms with Gasteiger partial charge in [0.05, 0.1) is 0 Å². The second-order valence-electron chi connectivity index (χ2n) is 7.24. The second-order valence-corrected chi connectivity index (χ2v) is 7.24. The number of fused-ring (bicyclic) bond motifs is 2. The number of nitrogens with zero attached hydrogens (tertiary/aromatic N) is 1. The monoisotopic (exact) mass is 339 g/mol. The maximum Gasteiger partial charge on any atom is 0.162 e. The molecule has 0 aliphatic carbocycles. The molecule has 4 rings (SSSR count). The van der Waals surface area contributed by atoms with Crippen LogP contribution in [0.15, 0.2) is 48.5 Å². The molecular formula is C22H23F2N. The molecule has 2 heterocycles. The van der Waals surface area contributed by atoms with Crippen LogP contribution in [0, 0.1) is 18.6 Å². The fourth-order valence-corrected chi connectivity index (χ4v) is 4.36. The number of piperidine rings is 1. The van der Waals surface area contributed by atoms with Gasteiger partial charge in [0, 0.05) is 18.6 Å². The molecule has 2 atom stereocenters.